The van der Waals surface area contributed by atoms with Crippen molar-refractivity contribution < 1.29 is 4.79 Å². The van der Waals surface area contributed by atoms with Crippen molar-refractivity contribution in [1.29, 1.82) is 0 Å². The number of rotatable bonds is 4. The molecule has 0 spiro atoms. The van der Waals surface area contributed by atoms with Gasteiger partial charge >= 0.3 is 0 Å². The molecule has 1 saturated carbocycles. The predicted octanol–water partition coefficient (Wildman–Crippen LogP) is 4.56. The van der Waals surface area contributed by atoms with Gasteiger partial charge in [0.15, 0.2) is 5.11 Å². The third kappa shape index (κ3) is 5.29. The van der Waals surface area contributed by atoms with E-state index >= 15 is 0 Å². The van der Waals surface area contributed by atoms with Gasteiger partial charge < -0.3 is 16.0 Å². The largest absolute Gasteiger partial charge is 0.349 e. The van der Waals surface area contributed by atoms with Crippen LogP contribution in [-0.4, -0.2) is 17.1 Å². The number of carbonyl (C=O) groups excluding carboxylic acids is 1. The quantitative estimate of drug-likeness (QED) is 0.706. The Morgan fingerprint density at radius 1 is 0.840 bits per heavy atom. The van der Waals surface area contributed by atoms with Gasteiger partial charge in [0.05, 0.1) is 0 Å². The first kappa shape index (κ1) is 17.4. The second-order valence-corrected chi connectivity index (χ2v) is 6.74. The standard InChI is InChI=1S/C20H23N3OS/c24-19(21-16-7-3-1-4-8-16)15-11-13-18(14-12-15)23-20(25)22-17-9-5-2-6-10-17/h2,5-6,9-14,16H,1,3-4,7-8H2,(H,21,24)(H2,22,23,25). The van der Waals surface area contributed by atoms with Crippen molar-refractivity contribution in [3.63, 3.8) is 0 Å². The maximum absolute atomic E-state index is 12.3. The molecule has 25 heavy (non-hydrogen) atoms. The molecule has 130 valence electrons. The average molecular weight is 353 g/mol. The molecular formula is C20H23N3OS. The summed E-state index contributed by atoms with van der Waals surface area (Å²) in [6, 6.07) is 17.5. The van der Waals surface area contributed by atoms with Gasteiger partial charge in [-0.15, -0.1) is 0 Å². The van der Waals surface area contributed by atoms with Crippen LogP contribution in [0.4, 0.5) is 11.4 Å². The van der Waals surface area contributed by atoms with E-state index in [-0.39, 0.29) is 5.91 Å². The SMILES string of the molecule is O=C(NC1CCCCC1)c1ccc(NC(=S)Nc2ccccc2)cc1. The van der Waals surface area contributed by atoms with Crippen LogP contribution in [0.2, 0.25) is 0 Å². The number of nitrogens with one attached hydrogen (secondary N) is 3. The third-order valence-electron chi connectivity index (χ3n) is 4.38. The van der Waals surface area contributed by atoms with Crippen molar-refractivity contribution in [2.75, 3.05) is 10.6 Å². The van der Waals surface area contributed by atoms with E-state index in [2.05, 4.69) is 16.0 Å². The summed E-state index contributed by atoms with van der Waals surface area (Å²) in [7, 11) is 0. The van der Waals surface area contributed by atoms with Gasteiger partial charge in [0.25, 0.3) is 5.91 Å². The molecule has 4 nitrogen and oxygen atoms in total. The van der Waals surface area contributed by atoms with Gasteiger partial charge in [-0.2, -0.15) is 0 Å². The zero-order valence-electron chi connectivity index (χ0n) is 14.1. The highest BCUT2D eigenvalue weighted by Crippen LogP contribution is 2.18. The number of hydrogen-bond donors (Lipinski definition) is 3. The monoisotopic (exact) mass is 353 g/mol. The number of thiocarbonyl (C=S) groups is 1. The van der Waals surface area contributed by atoms with Crippen molar-refractivity contribution >= 4 is 34.6 Å². The molecule has 0 radical (unpaired) electrons. The molecule has 1 fully saturated rings. The van der Waals surface area contributed by atoms with Gasteiger partial charge in [-0.1, -0.05) is 37.5 Å². The summed E-state index contributed by atoms with van der Waals surface area (Å²) in [5.41, 5.74) is 2.46. The van der Waals surface area contributed by atoms with Gasteiger partial charge in [-0.05, 0) is 61.5 Å². The van der Waals surface area contributed by atoms with E-state index < -0.39 is 0 Å². The lowest BCUT2D eigenvalue weighted by Gasteiger charge is -2.22. The van der Waals surface area contributed by atoms with Crippen molar-refractivity contribution in [3.05, 3.63) is 60.2 Å². The lowest BCUT2D eigenvalue weighted by atomic mass is 9.95. The molecule has 5 heteroatoms. The highest BCUT2D eigenvalue weighted by atomic mass is 32.1. The Balaban J connectivity index is 1.52. The van der Waals surface area contributed by atoms with Gasteiger partial charge in [0, 0.05) is 23.0 Å². The number of para-hydroxylation sites is 1. The molecular weight excluding hydrogens is 330 g/mol. The van der Waals surface area contributed by atoms with E-state index in [1.807, 2.05) is 54.6 Å². The molecule has 1 aliphatic rings. The van der Waals surface area contributed by atoms with E-state index in [1.54, 1.807) is 0 Å². The van der Waals surface area contributed by atoms with Crippen LogP contribution in [0.5, 0.6) is 0 Å². The van der Waals surface area contributed by atoms with E-state index in [0.717, 1.165) is 24.2 Å². The molecule has 0 saturated heterocycles. The molecule has 1 amide bonds. The third-order valence-corrected chi connectivity index (χ3v) is 4.58. The van der Waals surface area contributed by atoms with E-state index in [1.165, 1.54) is 19.3 Å². The van der Waals surface area contributed by atoms with Crippen molar-refractivity contribution in [1.82, 2.24) is 5.32 Å². The summed E-state index contributed by atoms with van der Waals surface area (Å²) in [6.45, 7) is 0. The van der Waals surface area contributed by atoms with Crippen LogP contribution in [-0.2, 0) is 0 Å². The minimum atomic E-state index is 0.00318. The van der Waals surface area contributed by atoms with Crippen molar-refractivity contribution in [3.8, 4) is 0 Å². The zero-order chi connectivity index (χ0) is 17.5. The van der Waals surface area contributed by atoms with Crippen LogP contribution in [0.25, 0.3) is 0 Å². The van der Waals surface area contributed by atoms with Crippen LogP contribution >= 0.6 is 12.2 Å². The molecule has 0 bridgehead atoms. The van der Waals surface area contributed by atoms with Crippen LogP contribution < -0.4 is 16.0 Å². The summed E-state index contributed by atoms with van der Waals surface area (Å²) < 4.78 is 0. The van der Waals surface area contributed by atoms with Crippen LogP contribution in [0, 0.1) is 0 Å². The predicted molar refractivity (Wildman–Crippen MR) is 107 cm³/mol. The summed E-state index contributed by atoms with van der Waals surface area (Å²) in [5.74, 6) is 0.00318. The van der Waals surface area contributed by atoms with E-state index in [4.69, 9.17) is 12.2 Å². The number of hydrogen-bond acceptors (Lipinski definition) is 2. The molecule has 0 atom stereocenters. The number of amides is 1. The highest BCUT2D eigenvalue weighted by molar-refractivity contribution is 7.80. The fraction of sp³-hybridized carbons (Fsp3) is 0.300. The van der Waals surface area contributed by atoms with Gasteiger partial charge in [-0.3, -0.25) is 4.79 Å². The number of anilines is 2. The molecule has 0 aliphatic heterocycles. The molecule has 1 aliphatic carbocycles. The second kappa shape index (κ2) is 8.62. The van der Waals surface area contributed by atoms with Crippen LogP contribution in [0.3, 0.4) is 0 Å². The molecule has 3 rings (SSSR count). The Morgan fingerprint density at radius 2 is 1.44 bits per heavy atom. The average Bonchev–Trinajstić information content (AvgIpc) is 2.64. The molecule has 0 aromatic heterocycles. The lowest BCUT2D eigenvalue weighted by molar-refractivity contribution is 0.0928. The van der Waals surface area contributed by atoms with Crippen molar-refractivity contribution in [2.24, 2.45) is 0 Å². The van der Waals surface area contributed by atoms with Gasteiger partial charge in [0.1, 0.15) is 0 Å². The molecule has 0 heterocycles. The Bertz CT molecular complexity index is 709. The first-order chi connectivity index (χ1) is 12.2. The molecule has 2 aromatic carbocycles. The van der Waals surface area contributed by atoms with Gasteiger partial charge in [0.2, 0.25) is 0 Å². The maximum atomic E-state index is 12.3. The Morgan fingerprint density at radius 3 is 2.08 bits per heavy atom. The zero-order valence-corrected chi connectivity index (χ0v) is 14.9. The first-order valence-electron chi connectivity index (χ1n) is 8.75. The van der Waals surface area contributed by atoms with Crippen molar-refractivity contribution in [2.45, 2.75) is 38.1 Å². The van der Waals surface area contributed by atoms with Gasteiger partial charge in [-0.25, -0.2) is 0 Å². The Hall–Kier alpha value is -2.40. The fourth-order valence-corrected chi connectivity index (χ4v) is 3.27. The van der Waals surface area contributed by atoms with Crippen LogP contribution in [0.1, 0.15) is 42.5 Å². The fourth-order valence-electron chi connectivity index (χ4n) is 3.04. The lowest BCUT2D eigenvalue weighted by Crippen LogP contribution is -2.36. The Kier molecular flexibility index (Phi) is 6.01. The maximum Gasteiger partial charge on any atom is 0.251 e. The normalized spacial score (nSPS) is 14.6. The molecule has 2 aromatic rings. The minimum absolute atomic E-state index is 0.00318. The molecule has 0 unspecified atom stereocenters. The molecule has 3 N–H and O–H groups in total. The Labute approximate surface area is 154 Å². The number of benzene rings is 2. The van der Waals surface area contributed by atoms with E-state index in [9.17, 15) is 4.79 Å². The minimum Gasteiger partial charge on any atom is -0.349 e. The van der Waals surface area contributed by atoms with Crippen LogP contribution in [0.15, 0.2) is 54.6 Å². The number of carbonyl (C=O) groups is 1. The summed E-state index contributed by atoms with van der Waals surface area (Å²) in [6.07, 6.45) is 5.87. The second-order valence-electron chi connectivity index (χ2n) is 6.33. The highest BCUT2D eigenvalue weighted by Gasteiger charge is 2.16. The summed E-state index contributed by atoms with van der Waals surface area (Å²) in [4.78, 5) is 12.3. The summed E-state index contributed by atoms with van der Waals surface area (Å²) >= 11 is 5.31. The first-order valence-corrected chi connectivity index (χ1v) is 9.15. The van der Waals surface area contributed by atoms with E-state index in [0.29, 0.717) is 16.7 Å². The topological polar surface area (TPSA) is 53.2 Å². The summed E-state index contributed by atoms with van der Waals surface area (Å²) in [5, 5.41) is 9.90. The smallest absolute Gasteiger partial charge is 0.251 e.